The van der Waals surface area contributed by atoms with Crippen LogP contribution < -0.4 is 0 Å². The number of hydrogen-bond donors (Lipinski definition) is 0. The number of ether oxygens (including phenoxy) is 1. The second-order valence-electron chi connectivity index (χ2n) is 6.79. The Morgan fingerprint density at radius 1 is 0.533 bits per heavy atom. The van der Waals surface area contributed by atoms with Crippen molar-refractivity contribution < 1.29 is 4.74 Å². The van der Waals surface area contributed by atoms with Crippen LogP contribution in [0.3, 0.4) is 0 Å². The van der Waals surface area contributed by atoms with Crippen molar-refractivity contribution in [1.82, 2.24) is 0 Å². The third-order valence-electron chi connectivity index (χ3n) is 5.64. The fourth-order valence-corrected chi connectivity index (χ4v) is 4.58. The topological polar surface area (TPSA) is 12.5 Å². The molecule has 0 bridgehead atoms. The normalized spacial score (nSPS) is 41.6. The number of rotatable bonds is 4. The molecule has 82 valence electrons. The molecule has 15 heavy (non-hydrogen) atoms. The molecule has 5 fully saturated rings. The Morgan fingerprint density at radius 2 is 0.800 bits per heavy atom. The summed E-state index contributed by atoms with van der Waals surface area (Å²) in [5.41, 5.74) is 0.907. The van der Waals surface area contributed by atoms with Gasteiger partial charge in [0.1, 0.15) is 11.2 Å². The summed E-state index contributed by atoms with van der Waals surface area (Å²) in [4.78, 5) is 0. The van der Waals surface area contributed by atoms with E-state index in [2.05, 4.69) is 0 Å². The summed E-state index contributed by atoms with van der Waals surface area (Å²) in [5, 5.41) is 0. The van der Waals surface area contributed by atoms with Crippen LogP contribution >= 0.6 is 0 Å². The first-order valence-electron chi connectivity index (χ1n) is 7.08. The molecule has 1 heteroatoms. The van der Waals surface area contributed by atoms with Crippen LogP contribution in [0.1, 0.15) is 51.4 Å². The second kappa shape index (κ2) is 2.16. The fraction of sp³-hybridized carbons (Fsp3) is 1.00. The minimum atomic E-state index is 0.454. The Balaban J connectivity index is 1.57. The minimum Gasteiger partial charge on any atom is -0.361 e. The van der Waals surface area contributed by atoms with E-state index in [9.17, 15) is 0 Å². The summed E-state index contributed by atoms with van der Waals surface area (Å²) in [6, 6.07) is 0. The van der Waals surface area contributed by atoms with Crippen molar-refractivity contribution in [3.8, 4) is 0 Å². The van der Waals surface area contributed by atoms with Crippen molar-refractivity contribution >= 4 is 0 Å². The molecule has 0 spiro atoms. The van der Waals surface area contributed by atoms with Crippen LogP contribution in [0.15, 0.2) is 0 Å². The molecule has 5 aliphatic rings. The van der Waals surface area contributed by atoms with Crippen LogP contribution in [0.4, 0.5) is 0 Å². The maximum atomic E-state index is 6.59. The first-order chi connectivity index (χ1) is 7.38. The van der Waals surface area contributed by atoms with Crippen LogP contribution in [-0.4, -0.2) is 11.2 Å². The highest BCUT2D eigenvalue weighted by Gasteiger charge is 2.85. The Labute approximate surface area is 91.6 Å². The van der Waals surface area contributed by atoms with E-state index in [1.54, 1.807) is 0 Å². The van der Waals surface area contributed by atoms with Gasteiger partial charge in [-0.05, 0) is 75.0 Å². The molecular weight excluding hydrogens is 184 g/mol. The molecule has 0 aromatic rings. The average molecular weight is 204 g/mol. The monoisotopic (exact) mass is 204 g/mol. The zero-order chi connectivity index (χ0) is 9.67. The lowest BCUT2D eigenvalue weighted by Gasteiger charge is -2.19. The summed E-state index contributed by atoms with van der Waals surface area (Å²) >= 11 is 0. The fourth-order valence-electron chi connectivity index (χ4n) is 4.58. The van der Waals surface area contributed by atoms with E-state index < -0.39 is 0 Å². The van der Waals surface area contributed by atoms with Gasteiger partial charge in [0.2, 0.25) is 0 Å². The van der Waals surface area contributed by atoms with Crippen molar-refractivity contribution in [2.75, 3.05) is 0 Å². The molecule has 0 atom stereocenters. The van der Waals surface area contributed by atoms with E-state index in [1.807, 2.05) is 0 Å². The molecule has 0 aromatic heterocycles. The molecule has 1 nitrogen and oxygen atoms in total. The maximum Gasteiger partial charge on any atom is 0.104 e. The summed E-state index contributed by atoms with van der Waals surface area (Å²) < 4.78 is 6.59. The Kier molecular flexibility index (Phi) is 1.17. The van der Waals surface area contributed by atoms with Gasteiger partial charge >= 0.3 is 0 Å². The smallest absolute Gasteiger partial charge is 0.104 e. The van der Waals surface area contributed by atoms with Crippen LogP contribution in [0.2, 0.25) is 0 Å². The van der Waals surface area contributed by atoms with E-state index in [-0.39, 0.29) is 0 Å². The SMILES string of the molecule is C1CC1C1(C2CC2)OC1(C1CC1)C1CC1. The maximum absolute atomic E-state index is 6.59. The highest BCUT2D eigenvalue weighted by atomic mass is 16.6. The summed E-state index contributed by atoms with van der Waals surface area (Å²) in [6.45, 7) is 0. The molecule has 1 saturated heterocycles. The summed E-state index contributed by atoms with van der Waals surface area (Å²) in [6.07, 6.45) is 11.9. The van der Waals surface area contributed by atoms with Crippen LogP contribution in [0.25, 0.3) is 0 Å². The third kappa shape index (κ3) is 0.833. The zero-order valence-electron chi connectivity index (χ0n) is 9.37. The van der Waals surface area contributed by atoms with Gasteiger partial charge in [0, 0.05) is 0 Å². The van der Waals surface area contributed by atoms with Gasteiger partial charge < -0.3 is 4.74 Å². The van der Waals surface area contributed by atoms with Gasteiger partial charge in [-0.25, -0.2) is 0 Å². The molecule has 4 saturated carbocycles. The molecule has 0 unspecified atom stereocenters. The predicted octanol–water partition coefficient (Wildman–Crippen LogP) is 3.13. The molecule has 0 amide bonds. The third-order valence-corrected chi connectivity index (χ3v) is 5.64. The molecule has 0 radical (unpaired) electrons. The molecule has 0 aromatic carbocycles. The quantitative estimate of drug-likeness (QED) is 0.641. The van der Waals surface area contributed by atoms with Gasteiger partial charge in [0.05, 0.1) is 0 Å². The minimum absolute atomic E-state index is 0.454. The lowest BCUT2D eigenvalue weighted by Crippen LogP contribution is -2.34. The van der Waals surface area contributed by atoms with Crippen molar-refractivity contribution in [3.63, 3.8) is 0 Å². The molecule has 1 heterocycles. The molecule has 0 N–H and O–H groups in total. The van der Waals surface area contributed by atoms with Crippen LogP contribution in [0, 0.1) is 23.7 Å². The molecular formula is C14H20O. The summed E-state index contributed by atoms with van der Waals surface area (Å²) in [7, 11) is 0. The van der Waals surface area contributed by atoms with Crippen LogP contribution in [-0.2, 0) is 4.74 Å². The Bertz CT molecular complexity index is 262. The van der Waals surface area contributed by atoms with Gasteiger partial charge in [-0.1, -0.05) is 0 Å². The number of hydrogen-bond acceptors (Lipinski definition) is 1. The van der Waals surface area contributed by atoms with Gasteiger partial charge in [-0.3, -0.25) is 0 Å². The largest absolute Gasteiger partial charge is 0.361 e. The Morgan fingerprint density at radius 3 is 1.00 bits per heavy atom. The standard InChI is InChI=1S/C14H20O/c1-2-9(1)13(10-3-4-10)14(15-13,11-5-6-11)12-7-8-12/h9-12H,1-8H2. The van der Waals surface area contributed by atoms with Gasteiger partial charge in [0.25, 0.3) is 0 Å². The lowest BCUT2D eigenvalue weighted by atomic mass is 9.78. The van der Waals surface area contributed by atoms with E-state index in [0.717, 1.165) is 23.7 Å². The van der Waals surface area contributed by atoms with Crippen molar-refractivity contribution in [2.45, 2.75) is 62.6 Å². The van der Waals surface area contributed by atoms with E-state index in [4.69, 9.17) is 4.74 Å². The van der Waals surface area contributed by atoms with Crippen LogP contribution in [0.5, 0.6) is 0 Å². The Hall–Kier alpha value is -0.0400. The van der Waals surface area contributed by atoms with Crippen molar-refractivity contribution in [3.05, 3.63) is 0 Å². The van der Waals surface area contributed by atoms with Gasteiger partial charge in [-0.15, -0.1) is 0 Å². The van der Waals surface area contributed by atoms with Gasteiger partial charge in [0.15, 0.2) is 0 Å². The highest BCUT2D eigenvalue weighted by Crippen LogP contribution is 2.79. The first kappa shape index (κ1) is 8.11. The first-order valence-corrected chi connectivity index (χ1v) is 7.08. The van der Waals surface area contributed by atoms with E-state index >= 15 is 0 Å². The second-order valence-corrected chi connectivity index (χ2v) is 6.79. The van der Waals surface area contributed by atoms with E-state index in [1.165, 1.54) is 51.4 Å². The highest BCUT2D eigenvalue weighted by molar-refractivity contribution is 5.33. The molecule has 1 aliphatic heterocycles. The van der Waals surface area contributed by atoms with Crippen molar-refractivity contribution in [1.29, 1.82) is 0 Å². The van der Waals surface area contributed by atoms with Crippen molar-refractivity contribution in [2.24, 2.45) is 23.7 Å². The lowest BCUT2D eigenvalue weighted by molar-refractivity contribution is 0.210. The zero-order valence-corrected chi connectivity index (χ0v) is 9.37. The molecule has 4 aliphatic carbocycles. The predicted molar refractivity (Wildman–Crippen MR) is 57.4 cm³/mol. The molecule has 5 rings (SSSR count). The summed E-state index contributed by atoms with van der Waals surface area (Å²) in [5.74, 6) is 3.97. The van der Waals surface area contributed by atoms with E-state index in [0.29, 0.717) is 11.2 Å². The van der Waals surface area contributed by atoms with Gasteiger partial charge in [-0.2, -0.15) is 0 Å². The number of epoxide rings is 1. The average Bonchev–Trinajstić information content (AvgIpc) is 3.11.